The zero-order valence-corrected chi connectivity index (χ0v) is 8.87. The van der Waals surface area contributed by atoms with Crippen molar-refractivity contribution in [2.45, 2.75) is 6.54 Å². The van der Waals surface area contributed by atoms with Gasteiger partial charge >= 0.3 is 5.97 Å². The molecule has 82 valence electrons. The molecule has 1 aromatic heterocycles. The summed E-state index contributed by atoms with van der Waals surface area (Å²) in [4.78, 5) is 11.5. The molecule has 0 aliphatic carbocycles. The van der Waals surface area contributed by atoms with Gasteiger partial charge in [-0.2, -0.15) is 0 Å². The second kappa shape index (κ2) is 5.16. The number of hydrogen-bond donors (Lipinski definition) is 0. The van der Waals surface area contributed by atoms with Crippen LogP contribution in [0, 0.1) is 0 Å². The molecule has 1 aromatic carbocycles. The number of nitrogens with zero attached hydrogens (tertiary/aromatic N) is 1. The first kappa shape index (κ1) is 10.5. The molecular weight excluding hydrogens is 202 g/mol. The van der Waals surface area contributed by atoms with Crippen molar-refractivity contribution in [3.63, 3.8) is 0 Å². The van der Waals surface area contributed by atoms with E-state index in [1.165, 1.54) is 0 Å². The highest BCUT2D eigenvalue weighted by Crippen LogP contribution is 2.01. The summed E-state index contributed by atoms with van der Waals surface area (Å²) in [6.45, 7) is 1.08. The van der Waals surface area contributed by atoms with Crippen LogP contribution in [0.25, 0.3) is 0 Å². The predicted molar refractivity (Wildman–Crippen MR) is 61.2 cm³/mol. The minimum absolute atomic E-state index is 0.271. The Labute approximate surface area is 94.3 Å². The van der Waals surface area contributed by atoms with Crippen molar-refractivity contribution in [3.8, 4) is 0 Å². The van der Waals surface area contributed by atoms with Crippen LogP contribution in [-0.4, -0.2) is 17.1 Å². The molecule has 0 amide bonds. The summed E-state index contributed by atoms with van der Waals surface area (Å²) in [7, 11) is 0. The maximum atomic E-state index is 11.5. The number of hydrogen-bond acceptors (Lipinski definition) is 2. The van der Waals surface area contributed by atoms with Gasteiger partial charge in [-0.05, 0) is 24.3 Å². The second-order valence-electron chi connectivity index (χ2n) is 3.42. The van der Waals surface area contributed by atoms with Crippen LogP contribution in [0.4, 0.5) is 0 Å². The van der Waals surface area contributed by atoms with Crippen LogP contribution in [0.1, 0.15) is 10.4 Å². The maximum absolute atomic E-state index is 11.5. The number of rotatable bonds is 4. The van der Waals surface area contributed by atoms with E-state index in [1.54, 1.807) is 12.1 Å². The van der Waals surface area contributed by atoms with Crippen LogP contribution in [0.15, 0.2) is 54.9 Å². The van der Waals surface area contributed by atoms with Crippen molar-refractivity contribution in [1.82, 2.24) is 4.57 Å². The minimum atomic E-state index is -0.271. The Morgan fingerprint density at radius 2 is 1.75 bits per heavy atom. The Morgan fingerprint density at radius 1 is 1.06 bits per heavy atom. The van der Waals surface area contributed by atoms with E-state index in [9.17, 15) is 4.79 Å². The lowest BCUT2D eigenvalue weighted by Gasteiger charge is -2.05. The Bertz CT molecular complexity index is 434. The normalized spacial score (nSPS) is 10.0. The molecule has 0 aliphatic rings. The van der Waals surface area contributed by atoms with Gasteiger partial charge in [-0.3, -0.25) is 0 Å². The third-order valence-corrected chi connectivity index (χ3v) is 2.26. The van der Waals surface area contributed by atoms with E-state index in [-0.39, 0.29) is 5.97 Å². The summed E-state index contributed by atoms with van der Waals surface area (Å²) in [6.07, 6.45) is 3.88. The van der Waals surface area contributed by atoms with Crippen LogP contribution in [-0.2, 0) is 11.3 Å². The highest BCUT2D eigenvalue weighted by molar-refractivity contribution is 5.89. The van der Waals surface area contributed by atoms with E-state index < -0.39 is 0 Å². The van der Waals surface area contributed by atoms with Gasteiger partial charge in [0, 0.05) is 12.4 Å². The molecule has 3 nitrogen and oxygen atoms in total. The van der Waals surface area contributed by atoms with Crippen molar-refractivity contribution >= 4 is 5.97 Å². The summed E-state index contributed by atoms with van der Waals surface area (Å²) in [5.74, 6) is -0.271. The molecule has 0 saturated heterocycles. The molecule has 0 N–H and O–H groups in total. The van der Waals surface area contributed by atoms with Crippen molar-refractivity contribution in [2.75, 3.05) is 6.61 Å². The summed E-state index contributed by atoms with van der Waals surface area (Å²) in [5.41, 5.74) is 0.593. The van der Waals surface area contributed by atoms with Gasteiger partial charge in [-0.25, -0.2) is 4.79 Å². The first-order valence-electron chi connectivity index (χ1n) is 5.19. The summed E-state index contributed by atoms with van der Waals surface area (Å²) in [5, 5.41) is 0. The van der Waals surface area contributed by atoms with Gasteiger partial charge in [0.1, 0.15) is 6.61 Å². The molecule has 0 aliphatic heterocycles. The third kappa shape index (κ3) is 2.73. The summed E-state index contributed by atoms with van der Waals surface area (Å²) >= 11 is 0. The van der Waals surface area contributed by atoms with Crippen molar-refractivity contribution in [2.24, 2.45) is 0 Å². The fourth-order valence-corrected chi connectivity index (χ4v) is 1.42. The number of carbonyl (C=O) groups is 1. The lowest BCUT2D eigenvalue weighted by molar-refractivity contribution is 0.0491. The monoisotopic (exact) mass is 215 g/mol. The van der Waals surface area contributed by atoms with Crippen molar-refractivity contribution in [3.05, 3.63) is 60.4 Å². The molecular formula is C13H13NO2. The molecule has 0 radical (unpaired) electrons. The minimum Gasteiger partial charge on any atom is -0.460 e. The Morgan fingerprint density at radius 3 is 2.44 bits per heavy atom. The molecule has 2 rings (SSSR count). The lowest BCUT2D eigenvalue weighted by Crippen LogP contribution is -2.10. The molecule has 1 heterocycles. The van der Waals surface area contributed by atoms with Gasteiger partial charge in [0.05, 0.1) is 12.1 Å². The molecule has 0 fully saturated rings. The number of carbonyl (C=O) groups excluding carboxylic acids is 1. The van der Waals surface area contributed by atoms with E-state index >= 15 is 0 Å². The molecule has 2 aromatic rings. The highest BCUT2D eigenvalue weighted by atomic mass is 16.5. The van der Waals surface area contributed by atoms with Crippen molar-refractivity contribution < 1.29 is 9.53 Å². The SMILES string of the molecule is O=C(OCCn1cccc1)c1ccccc1. The van der Waals surface area contributed by atoms with E-state index in [0.29, 0.717) is 18.7 Å². The number of aromatic nitrogens is 1. The van der Waals surface area contributed by atoms with Gasteiger partial charge in [-0.15, -0.1) is 0 Å². The molecule has 3 heteroatoms. The molecule has 0 unspecified atom stereocenters. The predicted octanol–water partition coefficient (Wildman–Crippen LogP) is 2.35. The smallest absolute Gasteiger partial charge is 0.338 e. The molecule has 0 saturated carbocycles. The Balaban J connectivity index is 1.81. The van der Waals surface area contributed by atoms with Crippen LogP contribution in [0.5, 0.6) is 0 Å². The first-order valence-corrected chi connectivity index (χ1v) is 5.19. The first-order chi connectivity index (χ1) is 7.86. The lowest BCUT2D eigenvalue weighted by atomic mass is 10.2. The number of esters is 1. The second-order valence-corrected chi connectivity index (χ2v) is 3.42. The number of benzene rings is 1. The van der Waals surface area contributed by atoms with Crippen LogP contribution in [0.3, 0.4) is 0 Å². The van der Waals surface area contributed by atoms with Gasteiger partial charge in [0.2, 0.25) is 0 Å². The molecule has 0 spiro atoms. The van der Waals surface area contributed by atoms with Gasteiger partial charge in [-0.1, -0.05) is 18.2 Å². The molecule has 0 atom stereocenters. The Hall–Kier alpha value is -2.03. The standard InChI is InChI=1S/C13H13NO2/c15-13(12-6-2-1-3-7-12)16-11-10-14-8-4-5-9-14/h1-9H,10-11H2. The topological polar surface area (TPSA) is 31.2 Å². The van der Waals surface area contributed by atoms with E-state index in [4.69, 9.17) is 4.74 Å². The van der Waals surface area contributed by atoms with E-state index in [0.717, 1.165) is 0 Å². The molecule has 0 bridgehead atoms. The zero-order chi connectivity index (χ0) is 11.2. The average molecular weight is 215 g/mol. The van der Waals surface area contributed by atoms with E-state index in [2.05, 4.69) is 0 Å². The van der Waals surface area contributed by atoms with E-state index in [1.807, 2.05) is 47.3 Å². The van der Waals surface area contributed by atoms with Crippen LogP contribution < -0.4 is 0 Å². The summed E-state index contributed by atoms with van der Waals surface area (Å²) < 4.78 is 7.11. The largest absolute Gasteiger partial charge is 0.460 e. The molecule has 16 heavy (non-hydrogen) atoms. The average Bonchev–Trinajstić information content (AvgIpc) is 2.83. The maximum Gasteiger partial charge on any atom is 0.338 e. The quantitative estimate of drug-likeness (QED) is 0.733. The van der Waals surface area contributed by atoms with Crippen molar-refractivity contribution in [1.29, 1.82) is 0 Å². The third-order valence-electron chi connectivity index (χ3n) is 2.26. The fraction of sp³-hybridized carbons (Fsp3) is 0.154. The highest BCUT2D eigenvalue weighted by Gasteiger charge is 2.04. The summed E-state index contributed by atoms with van der Waals surface area (Å²) in [6, 6.07) is 12.9. The number of ether oxygens (including phenoxy) is 1. The van der Waals surface area contributed by atoms with Gasteiger partial charge in [0.15, 0.2) is 0 Å². The van der Waals surface area contributed by atoms with Crippen LogP contribution in [0.2, 0.25) is 0 Å². The fourth-order valence-electron chi connectivity index (χ4n) is 1.42. The Kier molecular flexibility index (Phi) is 3.38. The zero-order valence-electron chi connectivity index (χ0n) is 8.87. The van der Waals surface area contributed by atoms with Gasteiger partial charge in [0.25, 0.3) is 0 Å². The van der Waals surface area contributed by atoms with Gasteiger partial charge < -0.3 is 9.30 Å². The van der Waals surface area contributed by atoms with Crippen LogP contribution >= 0.6 is 0 Å².